The number of hydrogen-bond acceptors (Lipinski definition) is 16. The highest BCUT2D eigenvalue weighted by Crippen LogP contribution is 2.09. The molecule has 24 nitrogen and oxygen atoms in total. The van der Waals surface area contributed by atoms with Crippen LogP contribution in [-0.4, -0.2) is 311 Å². The molecule has 61 heavy (non-hydrogen) atoms. The first-order valence-electron chi connectivity index (χ1n) is 20.6. The Morgan fingerprint density at radius 3 is 0.574 bits per heavy atom. The van der Waals surface area contributed by atoms with Gasteiger partial charge in [0.05, 0.1) is 52.4 Å². The van der Waals surface area contributed by atoms with Crippen molar-refractivity contribution in [3.05, 3.63) is 0 Å². The highest BCUT2D eigenvalue weighted by atomic mass is 16.4. The van der Waals surface area contributed by atoms with Crippen molar-refractivity contribution in [3.8, 4) is 0 Å². The first-order chi connectivity index (χ1) is 28.9. The summed E-state index contributed by atoms with van der Waals surface area (Å²) in [6.07, 6.45) is 0.495. The Hall–Kier alpha value is -4.56. The van der Waals surface area contributed by atoms with Gasteiger partial charge in [-0.05, 0) is 6.42 Å². The summed E-state index contributed by atoms with van der Waals surface area (Å²) in [6.45, 7) is 3.77. The summed E-state index contributed by atoms with van der Waals surface area (Å²) in [5.74, 6) is -6.71. The van der Waals surface area contributed by atoms with E-state index in [2.05, 4.69) is 0 Å². The van der Waals surface area contributed by atoms with Gasteiger partial charge in [0.25, 0.3) is 0 Å². The predicted molar refractivity (Wildman–Crippen MR) is 215 cm³/mol. The first kappa shape index (κ1) is 50.8. The molecule has 0 aromatic carbocycles. The molecule has 3 fully saturated rings. The maximum atomic E-state index is 13.8. The third kappa shape index (κ3) is 21.2. The minimum absolute atomic E-state index is 0.0254. The van der Waals surface area contributed by atoms with E-state index in [4.69, 9.17) is 0 Å². The molecule has 0 aromatic rings. The van der Waals surface area contributed by atoms with Crippen LogP contribution in [0.1, 0.15) is 6.42 Å². The van der Waals surface area contributed by atoms with Gasteiger partial charge in [-0.3, -0.25) is 77.6 Å². The van der Waals surface area contributed by atoms with Crippen LogP contribution in [0, 0.1) is 0 Å². The van der Waals surface area contributed by atoms with Gasteiger partial charge in [-0.25, -0.2) is 0 Å². The normalized spacial score (nSPS) is 20.9. The van der Waals surface area contributed by atoms with Crippen LogP contribution in [0.4, 0.5) is 0 Å². The lowest BCUT2D eigenvalue weighted by atomic mass is 10.3. The summed E-state index contributed by atoms with van der Waals surface area (Å²) in [5, 5.41) is 57.0. The standard InChI is InChI=1S/C37H64N10O14/c48-30(22-38-4-8-40(24-32(50)51)12-16-44(28-36(58)59)17-13-41(9-5-38)25-33(52)53)46-2-1-3-47(21-20-46)31(49)23-39-6-10-42(26-34(54)55)14-18-45(29-37(60)61)19-15-43(11-7-39)27-35(56)57/h1-29H2,(H,50,51)(H,52,53)(H,54,55)(H,56,57)(H,58,59)(H,60,61). The minimum Gasteiger partial charge on any atom is -0.480 e. The van der Waals surface area contributed by atoms with Crippen molar-refractivity contribution in [2.24, 2.45) is 0 Å². The molecule has 0 bridgehead atoms. The molecule has 0 aliphatic carbocycles. The molecule has 0 saturated carbocycles. The van der Waals surface area contributed by atoms with E-state index in [0.29, 0.717) is 45.7 Å². The molecule has 24 heteroatoms. The Balaban J connectivity index is 1.66. The average Bonchev–Trinajstić information content (AvgIpc) is 3.42. The molecular weight excluding hydrogens is 808 g/mol. The van der Waals surface area contributed by atoms with Crippen molar-refractivity contribution in [3.63, 3.8) is 0 Å². The van der Waals surface area contributed by atoms with Gasteiger partial charge in [0, 0.05) is 131 Å². The lowest BCUT2D eigenvalue weighted by Crippen LogP contribution is -2.51. The SMILES string of the molecule is O=C(O)CN1CCN(CC(=O)O)CCN(CC(=O)N2CCCN(C(=O)CN3CCN(CC(=O)O)CCN(CC(=O)O)CCN(CC(=O)O)CC3)CC2)CCN(CC(=O)O)CC1. The molecule has 6 N–H and O–H groups in total. The Labute approximate surface area is 355 Å². The van der Waals surface area contributed by atoms with Crippen molar-refractivity contribution < 1.29 is 69.0 Å². The summed E-state index contributed by atoms with van der Waals surface area (Å²) < 4.78 is 0. The summed E-state index contributed by atoms with van der Waals surface area (Å²) in [4.78, 5) is 114. The summed E-state index contributed by atoms with van der Waals surface area (Å²) in [7, 11) is 0. The van der Waals surface area contributed by atoms with Crippen molar-refractivity contribution in [1.29, 1.82) is 0 Å². The molecule has 0 spiro atoms. The zero-order valence-electron chi connectivity index (χ0n) is 34.9. The minimum atomic E-state index is -1.05. The molecular formula is C37H64N10O14. The highest BCUT2D eigenvalue weighted by Gasteiger charge is 2.27. The van der Waals surface area contributed by atoms with E-state index >= 15 is 0 Å². The number of hydrogen-bond donors (Lipinski definition) is 6. The average molecular weight is 873 g/mol. The molecule has 0 aromatic heterocycles. The number of aliphatic carboxylic acids is 6. The number of rotatable bonds is 16. The zero-order valence-corrected chi connectivity index (χ0v) is 34.9. The van der Waals surface area contributed by atoms with Gasteiger partial charge in [-0.1, -0.05) is 0 Å². The summed E-state index contributed by atoms with van der Waals surface area (Å²) >= 11 is 0. The molecule has 346 valence electrons. The van der Waals surface area contributed by atoms with Gasteiger partial charge in [0.1, 0.15) is 0 Å². The Morgan fingerprint density at radius 2 is 0.410 bits per heavy atom. The molecule has 3 heterocycles. The largest absolute Gasteiger partial charge is 0.480 e. The highest BCUT2D eigenvalue weighted by molar-refractivity contribution is 5.80. The van der Waals surface area contributed by atoms with Crippen LogP contribution in [-0.2, 0) is 38.4 Å². The third-order valence-electron chi connectivity index (χ3n) is 10.9. The number of carbonyl (C=O) groups excluding carboxylic acids is 2. The quantitative estimate of drug-likeness (QED) is 0.0847. The summed E-state index contributed by atoms with van der Waals surface area (Å²) in [5.41, 5.74) is 0. The maximum absolute atomic E-state index is 13.8. The van der Waals surface area contributed by atoms with E-state index < -0.39 is 35.8 Å². The fraction of sp³-hybridized carbons (Fsp3) is 0.784. The van der Waals surface area contributed by atoms with Gasteiger partial charge >= 0.3 is 35.8 Å². The molecule has 3 saturated heterocycles. The number of nitrogens with zero attached hydrogens (tertiary/aromatic N) is 10. The van der Waals surface area contributed by atoms with E-state index in [9.17, 15) is 69.0 Å². The molecule has 0 radical (unpaired) electrons. The molecule has 0 atom stereocenters. The van der Waals surface area contributed by atoms with Crippen LogP contribution >= 0.6 is 0 Å². The van der Waals surface area contributed by atoms with Crippen molar-refractivity contribution in [1.82, 2.24) is 49.0 Å². The lowest BCUT2D eigenvalue weighted by Gasteiger charge is -2.34. The Kier molecular flexibility index (Phi) is 22.2. The lowest BCUT2D eigenvalue weighted by molar-refractivity contribution is -0.141. The fourth-order valence-corrected chi connectivity index (χ4v) is 7.57. The number of carboxylic acid groups (broad SMARTS) is 6. The van der Waals surface area contributed by atoms with Gasteiger partial charge in [-0.15, -0.1) is 0 Å². The Morgan fingerprint density at radius 1 is 0.246 bits per heavy atom. The smallest absolute Gasteiger partial charge is 0.317 e. The number of amides is 2. The van der Waals surface area contributed by atoms with Gasteiger partial charge in [-0.2, -0.15) is 0 Å². The van der Waals surface area contributed by atoms with Crippen LogP contribution in [0.5, 0.6) is 0 Å². The second kappa shape index (κ2) is 26.7. The molecule has 3 rings (SSSR count). The van der Waals surface area contributed by atoms with E-state index in [1.807, 2.05) is 9.80 Å². The zero-order chi connectivity index (χ0) is 44.9. The van der Waals surface area contributed by atoms with Gasteiger partial charge < -0.3 is 40.4 Å². The predicted octanol–water partition coefficient (Wildman–Crippen LogP) is -5.00. The van der Waals surface area contributed by atoms with E-state index in [-0.39, 0.29) is 156 Å². The van der Waals surface area contributed by atoms with Gasteiger partial charge in [0.15, 0.2) is 0 Å². The second-order valence-electron chi connectivity index (χ2n) is 15.7. The monoisotopic (exact) mass is 872 g/mol. The maximum Gasteiger partial charge on any atom is 0.317 e. The van der Waals surface area contributed by atoms with Crippen molar-refractivity contribution >= 4 is 47.6 Å². The molecule has 3 aliphatic heterocycles. The van der Waals surface area contributed by atoms with Crippen molar-refractivity contribution in [2.45, 2.75) is 6.42 Å². The van der Waals surface area contributed by atoms with Crippen LogP contribution in [0.25, 0.3) is 0 Å². The van der Waals surface area contributed by atoms with Crippen LogP contribution < -0.4 is 0 Å². The molecule has 3 aliphatic rings. The van der Waals surface area contributed by atoms with E-state index in [1.54, 1.807) is 39.2 Å². The number of carbonyl (C=O) groups is 8. The third-order valence-corrected chi connectivity index (χ3v) is 10.9. The summed E-state index contributed by atoms with van der Waals surface area (Å²) in [6, 6.07) is 0. The van der Waals surface area contributed by atoms with E-state index in [0.717, 1.165) is 0 Å². The van der Waals surface area contributed by atoms with Crippen LogP contribution in [0.3, 0.4) is 0 Å². The second-order valence-corrected chi connectivity index (χ2v) is 15.7. The Bertz CT molecular complexity index is 1320. The van der Waals surface area contributed by atoms with Crippen molar-refractivity contribution in [2.75, 3.05) is 183 Å². The number of carboxylic acids is 6. The topological polar surface area (TPSA) is 290 Å². The van der Waals surface area contributed by atoms with E-state index in [1.165, 1.54) is 0 Å². The molecule has 0 unspecified atom stereocenters. The fourth-order valence-electron chi connectivity index (χ4n) is 7.57. The van der Waals surface area contributed by atoms with Crippen LogP contribution in [0.15, 0.2) is 0 Å². The van der Waals surface area contributed by atoms with Crippen LogP contribution in [0.2, 0.25) is 0 Å². The first-order valence-corrected chi connectivity index (χ1v) is 20.6. The van der Waals surface area contributed by atoms with Gasteiger partial charge in [0.2, 0.25) is 11.8 Å². The molecule has 2 amide bonds.